The third-order valence-electron chi connectivity index (χ3n) is 7.19. The predicted molar refractivity (Wildman–Crippen MR) is 170 cm³/mol. The number of nitrogens with zero attached hydrogens (tertiary/aromatic N) is 3. The Balaban J connectivity index is 1.31. The Morgan fingerprint density at radius 2 is 1.91 bits per heavy atom. The Bertz CT molecular complexity index is 1420. The number of ether oxygens (including phenoxy) is 3. The summed E-state index contributed by atoms with van der Waals surface area (Å²) in [6.07, 6.45) is -0.249. The van der Waals surface area contributed by atoms with Crippen LogP contribution in [0.15, 0.2) is 47.8 Å². The summed E-state index contributed by atoms with van der Waals surface area (Å²) in [7, 11) is 3.69. The number of hydrogen-bond acceptors (Lipinski definition) is 11. The number of carbonyl (C=O) groups excluding carboxylic acids is 2. The largest absolute Gasteiger partial charge is 0.465 e. The van der Waals surface area contributed by atoms with Crippen molar-refractivity contribution in [1.29, 1.82) is 0 Å². The van der Waals surface area contributed by atoms with E-state index in [1.165, 1.54) is 23.9 Å². The summed E-state index contributed by atoms with van der Waals surface area (Å²) in [6.45, 7) is 6.97. The molecule has 1 saturated heterocycles. The fourth-order valence-electron chi connectivity index (χ4n) is 4.89. The van der Waals surface area contributed by atoms with Gasteiger partial charge in [-0.15, -0.1) is 0 Å². The van der Waals surface area contributed by atoms with Crippen molar-refractivity contribution >= 4 is 29.5 Å². The van der Waals surface area contributed by atoms with Crippen LogP contribution in [0.25, 0.3) is 22.5 Å². The van der Waals surface area contributed by atoms with E-state index in [9.17, 15) is 19.1 Å². The number of halogens is 1. The van der Waals surface area contributed by atoms with E-state index in [1.54, 1.807) is 18.3 Å². The van der Waals surface area contributed by atoms with Gasteiger partial charge in [-0.3, -0.25) is 9.59 Å². The second-order valence-electron chi connectivity index (χ2n) is 11.6. The molecule has 3 N–H and O–H groups in total. The highest BCUT2D eigenvalue weighted by Crippen LogP contribution is 2.33. The maximum atomic E-state index is 13.7. The van der Waals surface area contributed by atoms with Crippen LogP contribution in [0.3, 0.4) is 0 Å². The Morgan fingerprint density at radius 1 is 1.18 bits per heavy atom. The number of esters is 2. The van der Waals surface area contributed by atoms with E-state index in [0.29, 0.717) is 28.9 Å². The van der Waals surface area contributed by atoms with Crippen molar-refractivity contribution in [3.8, 4) is 22.5 Å². The summed E-state index contributed by atoms with van der Waals surface area (Å²) in [5.74, 6) is 0.127. The molecular weight excluding hydrogens is 601 g/mol. The van der Waals surface area contributed by atoms with Gasteiger partial charge in [-0.05, 0) is 69.8 Å². The number of nitrogens with one attached hydrogen (secondary N) is 2. The van der Waals surface area contributed by atoms with Crippen LogP contribution in [-0.2, 0) is 23.8 Å². The van der Waals surface area contributed by atoms with E-state index >= 15 is 0 Å². The predicted octanol–water partition coefficient (Wildman–Crippen LogP) is 4.73. The second-order valence-corrected chi connectivity index (χ2v) is 12.7. The molecule has 4 rings (SSSR count). The number of aromatic amines is 1. The van der Waals surface area contributed by atoms with Gasteiger partial charge in [0.1, 0.15) is 18.2 Å². The lowest BCUT2D eigenvalue weighted by molar-refractivity contribution is -0.241. The molecule has 2 aromatic heterocycles. The Kier molecular flexibility index (Phi) is 12.3. The third kappa shape index (κ3) is 9.98. The quantitative estimate of drug-likeness (QED) is 0.128. The van der Waals surface area contributed by atoms with Crippen LogP contribution in [0.1, 0.15) is 40.0 Å². The number of hydrogen-bond donors (Lipinski definition) is 3. The van der Waals surface area contributed by atoms with Crippen molar-refractivity contribution in [2.75, 3.05) is 38.3 Å². The van der Waals surface area contributed by atoms with Gasteiger partial charge in [-0.25, -0.2) is 14.4 Å². The minimum absolute atomic E-state index is 0.106. The number of imidazole rings is 1. The number of aliphatic hydroxyl groups excluding tert-OH is 1. The first kappa shape index (κ1) is 34.4. The number of anilines is 1. The van der Waals surface area contributed by atoms with Gasteiger partial charge in [0, 0.05) is 29.6 Å². The molecule has 1 unspecified atom stereocenters. The number of thioether (sulfide) groups is 1. The number of rotatable bonds is 14. The molecule has 0 amide bonds. The molecule has 0 bridgehead atoms. The summed E-state index contributed by atoms with van der Waals surface area (Å²) < 4.78 is 29.9. The zero-order valence-electron chi connectivity index (χ0n) is 26.3. The van der Waals surface area contributed by atoms with Crippen LogP contribution >= 0.6 is 11.8 Å². The number of benzene rings is 1. The monoisotopic (exact) mass is 643 g/mol. The van der Waals surface area contributed by atoms with Gasteiger partial charge in [-0.2, -0.15) is 0 Å². The molecule has 1 aliphatic heterocycles. The minimum atomic E-state index is -1.23. The Hall–Kier alpha value is -3.52. The minimum Gasteiger partial charge on any atom is -0.465 e. The highest BCUT2D eigenvalue weighted by atomic mass is 32.2. The molecule has 3 aromatic rings. The highest BCUT2D eigenvalue weighted by Gasteiger charge is 2.40. The third-order valence-corrected chi connectivity index (χ3v) is 8.03. The Morgan fingerprint density at radius 3 is 2.62 bits per heavy atom. The van der Waals surface area contributed by atoms with Crippen LogP contribution in [-0.4, -0.2) is 94.4 Å². The normalized spacial score (nSPS) is 19.9. The molecule has 0 aliphatic carbocycles. The molecule has 13 heteroatoms. The smallest absolute Gasteiger partial charge is 0.306 e. The number of aliphatic hydroxyl groups is 1. The molecule has 3 heterocycles. The first-order chi connectivity index (χ1) is 21.5. The van der Waals surface area contributed by atoms with Crippen molar-refractivity contribution in [2.24, 2.45) is 5.92 Å². The van der Waals surface area contributed by atoms with Crippen molar-refractivity contribution in [2.45, 2.75) is 69.7 Å². The summed E-state index contributed by atoms with van der Waals surface area (Å²) >= 11 is 1.37. The van der Waals surface area contributed by atoms with E-state index in [4.69, 9.17) is 19.2 Å². The van der Waals surface area contributed by atoms with E-state index in [-0.39, 0.29) is 37.4 Å². The number of H-pyrrole nitrogens is 1. The van der Waals surface area contributed by atoms with E-state index < -0.39 is 24.3 Å². The average Bonchev–Trinajstić information content (AvgIpc) is 3.43. The highest BCUT2D eigenvalue weighted by molar-refractivity contribution is 7.99. The van der Waals surface area contributed by atoms with Crippen LogP contribution < -0.4 is 5.32 Å². The van der Waals surface area contributed by atoms with Crippen molar-refractivity contribution < 1.29 is 33.3 Å². The summed E-state index contributed by atoms with van der Waals surface area (Å²) in [5.41, 5.74) is 3.04. The fraction of sp³-hybridized carbons (Fsp3) is 0.500. The zero-order chi connectivity index (χ0) is 32.5. The summed E-state index contributed by atoms with van der Waals surface area (Å²) in [4.78, 5) is 39.2. The molecule has 1 aromatic carbocycles. The standard InChI is InChI=1S/C32H42FN5O6S/c1-19(2)18-35-25-17-22(12-13-34-25)29-28(21-6-8-23(33)9-7-21)36-32(37-29)45-15-14-42-26(39)10-11-27(40)44-30-24(38(4)5)16-20(3)43-31(30)41/h6-9,12-13,17,19-20,24,30-31,41H,10-11,14-16,18H2,1-5H3,(H,34,35)(H,36,37)/t20-,24?,30-,31-/m1/s1. The molecule has 45 heavy (non-hydrogen) atoms. The molecule has 11 nitrogen and oxygen atoms in total. The van der Waals surface area contributed by atoms with Gasteiger partial charge in [0.25, 0.3) is 0 Å². The molecule has 244 valence electrons. The van der Waals surface area contributed by atoms with Crippen molar-refractivity contribution in [3.63, 3.8) is 0 Å². The molecule has 0 radical (unpaired) electrons. The molecule has 0 saturated carbocycles. The number of aromatic nitrogens is 3. The lowest BCUT2D eigenvalue weighted by Gasteiger charge is -2.40. The van der Waals surface area contributed by atoms with Gasteiger partial charge in [0.05, 0.1) is 36.4 Å². The Labute approximate surface area is 267 Å². The number of pyridine rings is 1. The van der Waals surface area contributed by atoms with Crippen LogP contribution in [0.5, 0.6) is 0 Å². The van der Waals surface area contributed by atoms with Crippen molar-refractivity contribution in [3.05, 3.63) is 48.4 Å². The van der Waals surface area contributed by atoms with Crippen LogP contribution in [0.4, 0.5) is 10.2 Å². The van der Waals surface area contributed by atoms with Gasteiger partial charge in [0.2, 0.25) is 0 Å². The summed E-state index contributed by atoms with van der Waals surface area (Å²) in [6, 6.07) is 9.77. The first-order valence-electron chi connectivity index (χ1n) is 15.0. The van der Waals surface area contributed by atoms with Gasteiger partial charge in [0.15, 0.2) is 17.6 Å². The maximum absolute atomic E-state index is 13.7. The molecule has 1 fully saturated rings. The zero-order valence-corrected chi connectivity index (χ0v) is 27.1. The SMILES string of the molecule is CC(C)CNc1cc(-c2nc(SCCOC(=O)CCC(=O)O[C@@H]3C(N(C)C)C[C@@H](C)O[C@H]3O)[nH]c2-c2ccc(F)cc2)ccn1. The molecule has 4 atom stereocenters. The average molecular weight is 644 g/mol. The topological polar surface area (TPSA) is 139 Å². The van der Waals surface area contributed by atoms with Gasteiger partial charge < -0.3 is 34.5 Å². The summed E-state index contributed by atoms with van der Waals surface area (Å²) in [5, 5.41) is 14.2. The van der Waals surface area contributed by atoms with Gasteiger partial charge >= 0.3 is 11.9 Å². The first-order valence-corrected chi connectivity index (χ1v) is 16.0. The fourth-order valence-corrected chi connectivity index (χ4v) is 5.59. The molecular formula is C32H42FN5O6S. The van der Waals surface area contributed by atoms with Crippen LogP contribution in [0.2, 0.25) is 0 Å². The second kappa shape index (κ2) is 16.2. The van der Waals surface area contributed by atoms with E-state index in [0.717, 1.165) is 29.2 Å². The van der Waals surface area contributed by atoms with Gasteiger partial charge in [-0.1, -0.05) is 25.6 Å². The van der Waals surface area contributed by atoms with E-state index in [2.05, 4.69) is 29.1 Å². The molecule has 1 aliphatic rings. The lowest BCUT2D eigenvalue weighted by Crippen LogP contribution is -2.55. The van der Waals surface area contributed by atoms with Crippen molar-refractivity contribution in [1.82, 2.24) is 19.9 Å². The maximum Gasteiger partial charge on any atom is 0.306 e. The van der Waals surface area contributed by atoms with E-state index in [1.807, 2.05) is 38.1 Å². The lowest BCUT2D eigenvalue weighted by atomic mass is 9.99. The number of carbonyl (C=O) groups is 2. The van der Waals surface area contributed by atoms with Crippen LogP contribution in [0, 0.1) is 11.7 Å². The molecule has 0 spiro atoms. The number of likely N-dealkylation sites (N-methyl/N-ethyl adjacent to an activating group) is 1.